The van der Waals surface area contributed by atoms with Crippen LogP contribution in [0.4, 0.5) is 4.79 Å². The highest BCUT2D eigenvalue weighted by molar-refractivity contribution is 6.02. The third kappa shape index (κ3) is 7.62. The highest BCUT2D eigenvalue weighted by atomic mass is 16.7. The first-order chi connectivity index (χ1) is 14.1. The number of ketones is 1. The molecule has 1 aromatic rings. The van der Waals surface area contributed by atoms with E-state index in [1.165, 1.54) is 0 Å². The Bertz CT molecular complexity index is 790. The molecule has 0 radical (unpaired) electrons. The van der Waals surface area contributed by atoms with Gasteiger partial charge in [-0.2, -0.15) is 0 Å². The summed E-state index contributed by atoms with van der Waals surface area (Å²) in [7, 11) is 0. The van der Waals surface area contributed by atoms with Crippen molar-refractivity contribution >= 4 is 11.9 Å². The molecule has 0 saturated carbocycles. The molecule has 174 valence electrons. The number of rotatable bonds is 5. The summed E-state index contributed by atoms with van der Waals surface area (Å²) < 4.78 is 16.9. The van der Waals surface area contributed by atoms with Crippen LogP contribution in [0.3, 0.4) is 0 Å². The van der Waals surface area contributed by atoms with Gasteiger partial charge in [0.05, 0.1) is 19.3 Å². The van der Waals surface area contributed by atoms with Crippen molar-refractivity contribution in [1.82, 2.24) is 5.32 Å². The Hall–Kier alpha value is -1.92. The van der Waals surface area contributed by atoms with Gasteiger partial charge in [0, 0.05) is 11.1 Å². The maximum absolute atomic E-state index is 13.7. The van der Waals surface area contributed by atoms with Crippen LogP contribution in [0.25, 0.3) is 0 Å². The normalized spacial score (nSPS) is 16.8. The van der Waals surface area contributed by atoms with E-state index in [0.717, 1.165) is 5.56 Å². The number of benzene rings is 1. The average Bonchev–Trinajstić information content (AvgIpc) is 3.10. The number of amides is 1. The van der Waals surface area contributed by atoms with Crippen molar-refractivity contribution in [3.63, 3.8) is 0 Å². The zero-order chi connectivity index (χ0) is 23.6. The molecule has 1 heterocycles. The summed E-state index contributed by atoms with van der Waals surface area (Å²) in [6, 6.07) is 5.06. The molecule has 1 amide bonds. The zero-order valence-electron chi connectivity index (χ0n) is 20.5. The van der Waals surface area contributed by atoms with Crippen LogP contribution in [0, 0.1) is 5.41 Å². The first kappa shape index (κ1) is 25.3. The van der Waals surface area contributed by atoms with Gasteiger partial charge < -0.3 is 19.5 Å². The van der Waals surface area contributed by atoms with Gasteiger partial charge in [-0.05, 0) is 49.7 Å². The van der Waals surface area contributed by atoms with Crippen molar-refractivity contribution in [1.29, 1.82) is 0 Å². The molecule has 2 rings (SSSR count). The Kier molecular flexibility index (Phi) is 7.59. The van der Waals surface area contributed by atoms with E-state index < -0.39 is 24.0 Å². The molecule has 1 aliphatic rings. The van der Waals surface area contributed by atoms with Gasteiger partial charge in [-0.1, -0.05) is 53.7 Å². The summed E-state index contributed by atoms with van der Waals surface area (Å²) in [5.41, 5.74) is 1.39. The second-order valence-electron chi connectivity index (χ2n) is 11.5. The van der Waals surface area contributed by atoms with Gasteiger partial charge in [0.15, 0.2) is 12.1 Å². The molecule has 1 saturated heterocycles. The second-order valence-corrected chi connectivity index (χ2v) is 11.5. The van der Waals surface area contributed by atoms with Gasteiger partial charge in [-0.25, -0.2) is 4.79 Å². The van der Waals surface area contributed by atoms with Crippen molar-refractivity contribution in [2.45, 2.75) is 92.1 Å². The minimum atomic E-state index is -0.726. The minimum Gasteiger partial charge on any atom is -0.444 e. The standard InChI is InChI=1S/C25H39NO5/c1-23(2,3)15-19(26-22(28)31-25(7,8)9)20(27)17-11-10-16(24(4,5)6)14-18(17)21-29-12-13-30-21/h10-11,14,19,21H,12-13,15H2,1-9H3,(H,26,28). The molecule has 1 aliphatic heterocycles. The van der Waals surface area contributed by atoms with Crippen LogP contribution < -0.4 is 5.32 Å². The largest absolute Gasteiger partial charge is 0.444 e. The Balaban J connectivity index is 2.43. The summed E-state index contributed by atoms with van der Waals surface area (Å²) in [5, 5.41) is 2.80. The van der Waals surface area contributed by atoms with Crippen molar-refractivity contribution in [2.75, 3.05) is 13.2 Å². The molecular weight excluding hydrogens is 394 g/mol. The van der Waals surface area contributed by atoms with Crippen LogP contribution in [0.15, 0.2) is 18.2 Å². The number of nitrogens with one attached hydrogen (secondary N) is 1. The molecule has 1 atom stereocenters. The molecule has 1 fully saturated rings. The zero-order valence-corrected chi connectivity index (χ0v) is 20.5. The molecule has 0 aliphatic carbocycles. The predicted octanol–water partition coefficient (Wildman–Crippen LogP) is 5.54. The first-order valence-corrected chi connectivity index (χ1v) is 11.0. The molecule has 31 heavy (non-hydrogen) atoms. The van der Waals surface area contributed by atoms with E-state index in [0.29, 0.717) is 30.8 Å². The first-order valence-electron chi connectivity index (χ1n) is 11.0. The van der Waals surface area contributed by atoms with Crippen LogP contribution in [0.5, 0.6) is 0 Å². The molecule has 0 aromatic heterocycles. The van der Waals surface area contributed by atoms with E-state index in [2.05, 4.69) is 26.1 Å². The number of carbonyl (C=O) groups excluding carboxylic acids is 2. The van der Waals surface area contributed by atoms with Gasteiger partial charge in [0.2, 0.25) is 0 Å². The van der Waals surface area contributed by atoms with Crippen molar-refractivity contribution in [2.24, 2.45) is 5.41 Å². The minimum absolute atomic E-state index is 0.0888. The molecule has 1 N–H and O–H groups in total. The van der Waals surface area contributed by atoms with Gasteiger partial charge in [-0.15, -0.1) is 0 Å². The summed E-state index contributed by atoms with van der Waals surface area (Å²) >= 11 is 0. The fourth-order valence-electron chi connectivity index (χ4n) is 3.45. The van der Waals surface area contributed by atoms with E-state index >= 15 is 0 Å². The Morgan fingerprint density at radius 3 is 2.10 bits per heavy atom. The highest BCUT2D eigenvalue weighted by Crippen LogP contribution is 2.33. The lowest BCUT2D eigenvalue weighted by Crippen LogP contribution is -2.45. The number of ether oxygens (including phenoxy) is 3. The van der Waals surface area contributed by atoms with Gasteiger partial charge >= 0.3 is 6.09 Å². The number of hydrogen-bond donors (Lipinski definition) is 1. The maximum atomic E-state index is 13.7. The lowest BCUT2D eigenvalue weighted by Gasteiger charge is -2.29. The summed E-state index contributed by atoms with van der Waals surface area (Å²) in [5.74, 6) is -0.171. The molecule has 1 aromatic carbocycles. The fourth-order valence-corrected chi connectivity index (χ4v) is 3.45. The SMILES string of the molecule is CC(C)(C)CC(NC(=O)OC(C)(C)C)C(=O)c1ccc(C(C)(C)C)cc1C1OCCO1. The smallest absolute Gasteiger partial charge is 0.408 e. The van der Waals surface area contributed by atoms with Crippen molar-refractivity contribution in [3.8, 4) is 0 Å². The lowest BCUT2D eigenvalue weighted by atomic mass is 9.82. The number of Topliss-reactive ketones (excluding diaryl/α,β-unsaturated/α-hetero) is 1. The molecule has 6 nitrogen and oxygen atoms in total. The van der Waals surface area contributed by atoms with Crippen LogP contribution in [0.1, 0.15) is 96.5 Å². The molecule has 0 bridgehead atoms. The summed E-state index contributed by atoms with van der Waals surface area (Å²) in [6.45, 7) is 18.8. The molecular formula is C25H39NO5. The van der Waals surface area contributed by atoms with Gasteiger partial charge in [-0.3, -0.25) is 4.79 Å². The Morgan fingerprint density at radius 1 is 1.03 bits per heavy atom. The highest BCUT2D eigenvalue weighted by Gasteiger charge is 2.33. The summed E-state index contributed by atoms with van der Waals surface area (Å²) in [4.78, 5) is 26.2. The van der Waals surface area contributed by atoms with E-state index in [1.54, 1.807) is 20.8 Å². The third-order valence-corrected chi connectivity index (χ3v) is 4.88. The quantitative estimate of drug-likeness (QED) is 0.617. The Labute approximate surface area is 187 Å². The molecule has 1 unspecified atom stereocenters. The van der Waals surface area contributed by atoms with Crippen LogP contribution in [-0.4, -0.2) is 36.7 Å². The third-order valence-electron chi connectivity index (χ3n) is 4.88. The van der Waals surface area contributed by atoms with Crippen molar-refractivity contribution in [3.05, 3.63) is 34.9 Å². The van der Waals surface area contributed by atoms with Gasteiger partial charge in [0.25, 0.3) is 0 Å². The van der Waals surface area contributed by atoms with Crippen LogP contribution >= 0.6 is 0 Å². The molecule has 6 heteroatoms. The van der Waals surface area contributed by atoms with Crippen molar-refractivity contribution < 1.29 is 23.8 Å². The predicted molar refractivity (Wildman–Crippen MR) is 121 cm³/mol. The fraction of sp³-hybridized carbons (Fsp3) is 0.680. The van der Waals surface area contributed by atoms with E-state index in [9.17, 15) is 9.59 Å². The average molecular weight is 434 g/mol. The Morgan fingerprint density at radius 2 is 1.61 bits per heavy atom. The van der Waals surface area contributed by atoms with E-state index in [-0.39, 0.29) is 16.6 Å². The van der Waals surface area contributed by atoms with E-state index in [4.69, 9.17) is 14.2 Å². The number of carbonyl (C=O) groups is 2. The number of alkyl carbamates (subject to hydrolysis) is 1. The monoisotopic (exact) mass is 433 g/mol. The number of hydrogen-bond acceptors (Lipinski definition) is 5. The van der Waals surface area contributed by atoms with Crippen LogP contribution in [0.2, 0.25) is 0 Å². The second kappa shape index (κ2) is 9.29. The van der Waals surface area contributed by atoms with Gasteiger partial charge in [0.1, 0.15) is 5.60 Å². The lowest BCUT2D eigenvalue weighted by molar-refractivity contribution is -0.0446. The van der Waals surface area contributed by atoms with Crippen LogP contribution in [-0.2, 0) is 19.6 Å². The summed E-state index contributed by atoms with van der Waals surface area (Å²) in [6.07, 6.45) is -0.716. The van der Waals surface area contributed by atoms with E-state index in [1.807, 2.05) is 39.0 Å². The maximum Gasteiger partial charge on any atom is 0.408 e. The topological polar surface area (TPSA) is 73.9 Å². The molecule has 0 spiro atoms.